The summed E-state index contributed by atoms with van der Waals surface area (Å²) in [5, 5.41) is 19.8. The van der Waals surface area contributed by atoms with Crippen LogP contribution in [0.1, 0.15) is 5.56 Å². The topological polar surface area (TPSA) is 130 Å². The van der Waals surface area contributed by atoms with Gasteiger partial charge in [-0.2, -0.15) is 4.98 Å². The monoisotopic (exact) mass is 405 g/mol. The van der Waals surface area contributed by atoms with Gasteiger partial charge in [-0.15, -0.1) is 0 Å². The van der Waals surface area contributed by atoms with Gasteiger partial charge in [0.2, 0.25) is 15.7 Å². The van der Waals surface area contributed by atoms with Crippen molar-refractivity contribution in [2.24, 2.45) is 5.73 Å². The van der Waals surface area contributed by atoms with Gasteiger partial charge >= 0.3 is 7.12 Å². The van der Waals surface area contributed by atoms with E-state index in [0.717, 1.165) is 10.6 Å². The smallest absolute Gasteiger partial charge is 0.437 e. The molecule has 8 nitrogen and oxygen atoms in total. The van der Waals surface area contributed by atoms with Gasteiger partial charge in [-0.3, -0.25) is 4.31 Å². The highest BCUT2D eigenvalue weighted by molar-refractivity contribution is 7.92. The van der Waals surface area contributed by atoms with Crippen molar-refractivity contribution in [2.75, 3.05) is 17.6 Å². The molecule has 0 atom stereocenters. The molecule has 0 amide bonds. The van der Waals surface area contributed by atoms with Crippen LogP contribution in [0.15, 0.2) is 41.3 Å². The standard InChI is InChI=1S/C17H17BFN3O5S/c1-9(20)14-12-8-13(18(23)24)16(22(2)28(3,25)26)21-17(12)27-15(14)10-4-6-11(19)7-5-10/h4-8,23-24H,1,20H2,2-3H3. The minimum absolute atomic E-state index is 0.0100. The summed E-state index contributed by atoms with van der Waals surface area (Å²) in [5.74, 6) is -0.403. The van der Waals surface area contributed by atoms with E-state index in [1.54, 1.807) is 0 Å². The average Bonchev–Trinajstić information content (AvgIpc) is 2.98. The Bertz CT molecular complexity index is 1180. The van der Waals surface area contributed by atoms with Crippen LogP contribution in [0.25, 0.3) is 28.1 Å². The molecule has 0 saturated heterocycles. The molecular formula is C17H17BFN3O5S. The SMILES string of the molecule is C=C(N)c1c(-c2ccc(F)cc2)oc2nc(N(C)S(C)(=O)=O)c(B(O)O)cc12. The third kappa shape index (κ3) is 3.47. The Morgan fingerprint density at radius 1 is 1.32 bits per heavy atom. The summed E-state index contributed by atoms with van der Waals surface area (Å²) in [6, 6.07) is 6.76. The number of hydrogen-bond donors (Lipinski definition) is 3. The van der Waals surface area contributed by atoms with E-state index < -0.39 is 23.0 Å². The van der Waals surface area contributed by atoms with Crippen LogP contribution in [-0.4, -0.2) is 43.9 Å². The average molecular weight is 405 g/mol. The largest absolute Gasteiger partial charge is 0.492 e. The van der Waals surface area contributed by atoms with Crippen LogP contribution in [0.4, 0.5) is 10.2 Å². The second-order valence-electron chi connectivity index (χ2n) is 6.20. The fourth-order valence-corrected chi connectivity index (χ4v) is 3.21. The molecule has 146 valence electrons. The van der Waals surface area contributed by atoms with Crippen molar-refractivity contribution < 1.29 is 27.3 Å². The molecule has 0 radical (unpaired) electrons. The molecule has 4 N–H and O–H groups in total. The molecule has 0 aliphatic carbocycles. The van der Waals surface area contributed by atoms with Crippen LogP contribution >= 0.6 is 0 Å². The lowest BCUT2D eigenvalue weighted by Gasteiger charge is -2.18. The van der Waals surface area contributed by atoms with Gasteiger partial charge in [-0.25, -0.2) is 12.8 Å². The zero-order valence-electron chi connectivity index (χ0n) is 15.0. The number of benzene rings is 1. The number of anilines is 1. The van der Waals surface area contributed by atoms with E-state index >= 15 is 0 Å². The first-order chi connectivity index (χ1) is 13.0. The number of furan rings is 1. The minimum atomic E-state index is -3.73. The highest BCUT2D eigenvalue weighted by atomic mass is 32.2. The van der Waals surface area contributed by atoms with Crippen LogP contribution in [0.3, 0.4) is 0 Å². The summed E-state index contributed by atoms with van der Waals surface area (Å²) in [7, 11) is -4.51. The Kier molecular flexibility index (Phi) is 4.92. The van der Waals surface area contributed by atoms with Crippen molar-refractivity contribution in [3.8, 4) is 11.3 Å². The number of nitrogens with two attached hydrogens (primary N) is 1. The number of fused-ring (bicyclic) bond motifs is 1. The van der Waals surface area contributed by atoms with Crippen molar-refractivity contribution in [1.29, 1.82) is 0 Å². The zero-order chi connectivity index (χ0) is 20.8. The number of hydrogen-bond acceptors (Lipinski definition) is 7. The van der Waals surface area contributed by atoms with Crippen molar-refractivity contribution in [1.82, 2.24) is 4.98 Å². The minimum Gasteiger partial charge on any atom is -0.437 e. The first-order valence-corrected chi connectivity index (χ1v) is 9.83. The molecule has 2 aromatic heterocycles. The Balaban J connectivity index is 2.36. The van der Waals surface area contributed by atoms with E-state index in [-0.39, 0.29) is 28.5 Å². The second kappa shape index (κ2) is 6.93. The summed E-state index contributed by atoms with van der Waals surface area (Å²) in [6.07, 6.45) is 0.950. The second-order valence-corrected chi connectivity index (χ2v) is 8.21. The maximum Gasteiger partial charge on any atom is 0.492 e. The van der Waals surface area contributed by atoms with Gasteiger partial charge in [-0.1, -0.05) is 6.58 Å². The van der Waals surface area contributed by atoms with E-state index in [4.69, 9.17) is 10.2 Å². The summed E-state index contributed by atoms with van der Waals surface area (Å²) >= 11 is 0. The van der Waals surface area contributed by atoms with Gasteiger partial charge in [0.25, 0.3) is 0 Å². The zero-order valence-corrected chi connectivity index (χ0v) is 15.9. The summed E-state index contributed by atoms with van der Waals surface area (Å²) in [5.41, 5.74) is 6.69. The number of rotatable bonds is 5. The lowest BCUT2D eigenvalue weighted by atomic mass is 9.79. The van der Waals surface area contributed by atoms with E-state index in [0.29, 0.717) is 16.5 Å². The molecule has 3 rings (SSSR count). The van der Waals surface area contributed by atoms with Crippen molar-refractivity contribution in [3.63, 3.8) is 0 Å². The normalized spacial score (nSPS) is 11.6. The fraction of sp³-hybridized carbons (Fsp3) is 0.118. The molecule has 0 aliphatic heterocycles. The number of nitrogens with zero attached hydrogens (tertiary/aromatic N) is 2. The summed E-state index contributed by atoms with van der Waals surface area (Å²) in [6.45, 7) is 3.71. The molecule has 0 spiro atoms. The lowest BCUT2D eigenvalue weighted by Crippen LogP contribution is -2.38. The predicted molar refractivity (Wildman–Crippen MR) is 106 cm³/mol. The molecule has 0 unspecified atom stereocenters. The highest BCUT2D eigenvalue weighted by Crippen LogP contribution is 2.36. The molecule has 0 bridgehead atoms. The third-order valence-corrected chi connectivity index (χ3v) is 5.36. The molecule has 0 fully saturated rings. The van der Waals surface area contributed by atoms with Gasteiger partial charge in [0.05, 0.1) is 17.2 Å². The van der Waals surface area contributed by atoms with E-state index in [1.807, 2.05) is 0 Å². The number of pyridine rings is 1. The molecule has 1 aromatic carbocycles. The lowest BCUT2D eigenvalue weighted by molar-refractivity contribution is 0.426. The maximum absolute atomic E-state index is 13.3. The Hall–Kier alpha value is -2.89. The van der Waals surface area contributed by atoms with Crippen LogP contribution in [0.2, 0.25) is 0 Å². The van der Waals surface area contributed by atoms with Gasteiger partial charge in [0.15, 0.2) is 0 Å². The van der Waals surface area contributed by atoms with Crippen molar-refractivity contribution >= 4 is 45.2 Å². The Morgan fingerprint density at radius 3 is 2.43 bits per heavy atom. The van der Waals surface area contributed by atoms with E-state index in [2.05, 4.69) is 11.6 Å². The molecule has 28 heavy (non-hydrogen) atoms. The third-order valence-electron chi connectivity index (χ3n) is 4.19. The first-order valence-electron chi connectivity index (χ1n) is 7.99. The van der Waals surface area contributed by atoms with Crippen LogP contribution in [-0.2, 0) is 10.0 Å². The predicted octanol–water partition coefficient (Wildman–Crippen LogP) is 0.639. The summed E-state index contributed by atoms with van der Waals surface area (Å²) < 4.78 is 43.6. The van der Waals surface area contributed by atoms with Crippen LogP contribution < -0.4 is 15.5 Å². The van der Waals surface area contributed by atoms with Crippen LogP contribution in [0.5, 0.6) is 0 Å². The molecule has 0 aliphatic rings. The Labute approximate surface area is 160 Å². The van der Waals surface area contributed by atoms with E-state index in [1.165, 1.54) is 37.4 Å². The molecule has 3 aromatic rings. The van der Waals surface area contributed by atoms with E-state index in [9.17, 15) is 22.9 Å². The number of sulfonamides is 1. The Morgan fingerprint density at radius 2 is 1.93 bits per heavy atom. The summed E-state index contributed by atoms with van der Waals surface area (Å²) in [4.78, 5) is 4.16. The van der Waals surface area contributed by atoms with Gasteiger partial charge in [0.1, 0.15) is 17.4 Å². The number of aromatic nitrogens is 1. The highest BCUT2D eigenvalue weighted by Gasteiger charge is 2.28. The molecule has 0 saturated carbocycles. The van der Waals surface area contributed by atoms with Crippen LogP contribution in [0, 0.1) is 5.82 Å². The first kappa shape index (κ1) is 19.9. The van der Waals surface area contributed by atoms with Gasteiger partial charge < -0.3 is 20.2 Å². The van der Waals surface area contributed by atoms with Crippen molar-refractivity contribution in [2.45, 2.75) is 0 Å². The van der Waals surface area contributed by atoms with Gasteiger partial charge in [-0.05, 0) is 30.3 Å². The molecular weight excluding hydrogens is 388 g/mol. The molecule has 2 heterocycles. The van der Waals surface area contributed by atoms with Gasteiger partial charge in [0, 0.05) is 23.8 Å². The maximum atomic E-state index is 13.3. The number of halogens is 1. The fourth-order valence-electron chi connectivity index (χ4n) is 2.75. The quantitative estimate of drug-likeness (QED) is 0.531. The molecule has 11 heteroatoms. The van der Waals surface area contributed by atoms with Crippen molar-refractivity contribution in [3.05, 3.63) is 48.3 Å².